The number of benzene rings is 2. The lowest BCUT2D eigenvalue weighted by atomic mass is 10.1. The topological polar surface area (TPSA) is 42.0 Å². The van der Waals surface area contributed by atoms with Crippen molar-refractivity contribution in [2.75, 3.05) is 26.2 Å². The first-order valence-electron chi connectivity index (χ1n) is 9.13. The predicted molar refractivity (Wildman–Crippen MR) is 98.6 cm³/mol. The summed E-state index contributed by atoms with van der Waals surface area (Å²) in [4.78, 5) is 16.6. The minimum absolute atomic E-state index is 0.0514. The van der Waals surface area contributed by atoms with Crippen LogP contribution in [0.2, 0.25) is 0 Å². The van der Waals surface area contributed by atoms with Crippen LogP contribution in [0.5, 0.6) is 0 Å². The number of fused-ring (bicyclic) bond motifs is 2. The van der Waals surface area contributed by atoms with Crippen LogP contribution in [0.4, 0.5) is 4.79 Å². The molecule has 0 unspecified atom stereocenters. The van der Waals surface area contributed by atoms with Crippen LogP contribution < -0.4 is 0 Å². The van der Waals surface area contributed by atoms with E-state index in [2.05, 4.69) is 29.2 Å². The number of amides is 1. The van der Waals surface area contributed by atoms with Crippen molar-refractivity contribution < 1.29 is 14.3 Å². The summed E-state index contributed by atoms with van der Waals surface area (Å²) in [5.74, 6) is 0. The molecule has 0 aliphatic carbocycles. The second-order valence-corrected chi connectivity index (χ2v) is 7.00. The highest BCUT2D eigenvalue weighted by Crippen LogP contribution is 2.21. The molecule has 0 aromatic heterocycles. The molecular formula is C21H24N2O3. The number of hydrogen-bond acceptors (Lipinski definition) is 4. The standard InChI is InChI=1S/C21H24N2O3/c24-21(25-16-18-9-5-2-6-10-18)23-14-19-12-22(13-20(15-23)26-19)11-17-7-3-1-4-8-17/h1-10,19-20H,11-16H2/t19-,20+. The molecule has 2 aliphatic rings. The van der Waals surface area contributed by atoms with E-state index >= 15 is 0 Å². The molecule has 4 rings (SSSR count). The Morgan fingerprint density at radius 2 is 1.46 bits per heavy atom. The molecule has 2 bridgehead atoms. The molecule has 2 aliphatic heterocycles. The zero-order valence-corrected chi connectivity index (χ0v) is 14.8. The van der Waals surface area contributed by atoms with Crippen LogP contribution >= 0.6 is 0 Å². The smallest absolute Gasteiger partial charge is 0.410 e. The summed E-state index contributed by atoms with van der Waals surface area (Å²) >= 11 is 0. The minimum atomic E-state index is -0.247. The van der Waals surface area contributed by atoms with Gasteiger partial charge in [0.15, 0.2) is 0 Å². The second kappa shape index (κ2) is 7.89. The molecule has 5 nitrogen and oxygen atoms in total. The fourth-order valence-corrected chi connectivity index (χ4v) is 3.71. The van der Waals surface area contributed by atoms with Crippen molar-refractivity contribution in [3.8, 4) is 0 Å². The van der Waals surface area contributed by atoms with Gasteiger partial charge in [0.2, 0.25) is 0 Å². The molecule has 5 heteroatoms. The van der Waals surface area contributed by atoms with Gasteiger partial charge in [-0.1, -0.05) is 60.7 Å². The van der Waals surface area contributed by atoms with Gasteiger partial charge in [0, 0.05) is 19.6 Å². The Hall–Kier alpha value is -2.37. The Bertz CT molecular complexity index is 709. The Morgan fingerprint density at radius 3 is 2.08 bits per heavy atom. The van der Waals surface area contributed by atoms with Gasteiger partial charge in [-0.3, -0.25) is 4.90 Å². The summed E-state index contributed by atoms with van der Waals surface area (Å²) in [5, 5.41) is 0. The Labute approximate surface area is 154 Å². The van der Waals surface area contributed by atoms with Gasteiger partial charge in [-0.05, 0) is 11.1 Å². The monoisotopic (exact) mass is 352 g/mol. The average molecular weight is 352 g/mol. The van der Waals surface area contributed by atoms with Gasteiger partial charge >= 0.3 is 6.09 Å². The first-order chi connectivity index (χ1) is 12.8. The van der Waals surface area contributed by atoms with Gasteiger partial charge in [0.05, 0.1) is 25.3 Å². The maximum Gasteiger partial charge on any atom is 0.410 e. The molecule has 1 amide bonds. The molecular weight excluding hydrogens is 328 g/mol. The summed E-state index contributed by atoms with van der Waals surface area (Å²) in [7, 11) is 0. The lowest BCUT2D eigenvalue weighted by Crippen LogP contribution is -2.60. The van der Waals surface area contributed by atoms with Gasteiger partial charge in [0.1, 0.15) is 6.61 Å². The third kappa shape index (κ3) is 4.23. The third-order valence-electron chi connectivity index (χ3n) is 4.87. The highest BCUT2D eigenvalue weighted by Gasteiger charge is 2.37. The molecule has 0 N–H and O–H groups in total. The van der Waals surface area contributed by atoms with Crippen molar-refractivity contribution in [2.45, 2.75) is 25.4 Å². The molecule has 2 fully saturated rings. The summed E-state index contributed by atoms with van der Waals surface area (Å²) in [6.45, 7) is 4.11. The number of carbonyl (C=O) groups excluding carboxylic acids is 1. The molecule has 2 aromatic rings. The van der Waals surface area contributed by atoms with E-state index in [9.17, 15) is 4.79 Å². The van der Waals surface area contributed by atoms with Crippen molar-refractivity contribution in [1.29, 1.82) is 0 Å². The molecule has 2 saturated heterocycles. The normalized spacial score (nSPS) is 22.8. The van der Waals surface area contributed by atoms with Gasteiger partial charge in [-0.25, -0.2) is 4.79 Å². The number of hydrogen-bond donors (Lipinski definition) is 0. The van der Waals surface area contributed by atoms with Crippen molar-refractivity contribution in [2.24, 2.45) is 0 Å². The van der Waals surface area contributed by atoms with Crippen molar-refractivity contribution in [3.63, 3.8) is 0 Å². The van der Waals surface area contributed by atoms with Crippen LogP contribution in [0.1, 0.15) is 11.1 Å². The summed E-state index contributed by atoms with van der Waals surface area (Å²) in [5.41, 5.74) is 2.31. The number of morpholine rings is 2. The van der Waals surface area contributed by atoms with E-state index in [-0.39, 0.29) is 18.3 Å². The van der Waals surface area contributed by atoms with E-state index in [0.717, 1.165) is 25.2 Å². The molecule has 2 atom stereocenters. The maximum absolute atomic E-state index is 12.4. The molecule has 0 spiro atoms. The van der Waals surface area contributed by atoms with Crippen molar-refractivity contribution in [1.82, 2.24) is 9.80 Å². The number of ether oxygens (including phenoxy) is 2. The van der Waals surface area contributed by atoms with Gasteiger partial charge in [-0.2, -0.15) is 0 Å². The number of carbonyl (C=O) groups is 1. The number of nitrogens with zero attached hydrogens (tertiary/aromatic N) is 2. The van der Waals surface area contributed by atoms with E-state index in [1.165, 1.54) is 5.56 Å². The SMILES string of the molecule is O=C(OCc1ccccc1)N1C[C@H]2CN(Cc3ccccc3)C[C@@H](C1)O2. The average Bonchev–Trinajstić information content (AvgIpc) is 2.67. The minimum Gasteiger partial charge on any atom is -0.445 e. The van der Waals surface area contributed by atoms with Crippen molar-refractivity contribution >= 4 is 6.09 Å². The Morgan fingerprint density at radius 1 is 0.885 bits per heavy atom. The highest BCUT2D eigenvalue weighted by atomic mass is 16.6. The lowest BCUT2D eigenvalue weighted by molar-refractivity contribution is -0.135. The molecule has 136 valence electrons. The number of rotatable bonds is 4. The van der Waals surface area contributed by atoms with E-state index in [4.69, 9.17) is 9.47 Å². The van der Waals surface area contributed by atoms with Crippen LogP contribution in [0.25, 0.3) is 0 Å². The van der Waals surface area contributed by atoms with Crippen LogP contribution in [-0.4, -0.2) is 54.3 Å². The third-order valence-corrected chi connectivity index (χ3v) is 4.87. The quantitative estimate of drug-likeness (QED) is 0.849. The zero-order chi connectivity index (χ0) is 17.8. The molecule has 2 heterocycles. The summed E-state index contributed by atoms with van der Waals surface area (Å²) < 4.78 is 11.5. The fraction of sp³-hybridized carbons (Fsp3) is 0.381. The lowest BCUT2D eigenvalue weighted by Gasteiger charge is -2.45. The van der Waals surface area contributed by atoms with Crippen LogP contribution in [-0.2, 0) is 22.6 Å². The van der Waals surface area contributed by atoms with Gasteiger partial charge in [-0.15, -0.1) is 0 Å². The first kappa shape index (κ1) is 17.1. The van der Waals surface area contributed by atoms with E-state index in [1.807, 2.05) is 36.4 Å². The van der Waals surface area contributed by atoms with E-state index in [1.54, 1.807) is 4.90 Å². The van der Waals surface area contributed by atoms with Crippen LogP contribution in [0.3, 0.4) is 0 Å². The molecule has 0 radical (unpaired) electrons. The van der Waals surface area contributed by atoms with Gasteiger partial charge < -0.3 is 14.4 Å². The largest absolute Gasteiger partial charge is 0.445 e. The Balaban J connectivity index is 1.29. The van der Waals surface area contributed by atoms with Crippen LogP contribution in [0, 0.1) is 0 Å². The second-order valence-electron chi connectivity index (χ2n) is 7.00. The fourth-order valence-electron chi connectivity index (χ4n) is 3.71. The zero-order valence-electron chi connectivity index (χ0n) is 14.8. The molecule has 2 aromatic carbocycles. The molecule has 26 heavy (non-hydrogen) atoms. The van der Waals surface area contributed by atoms with Crippen LogP contribution in [0.15, 0.2) is 60.7 Å². The van der Waals surface area contributed by atoms with E-state index < -0.39 is 0 Å². The maximum atomic E-state index is 12.4. The summed E-state index contributed by atoms with van der Waals surface area (Å²) in [6.07, 6.45) is -0.144. The highest BCUT2D eigenvalue weighted by molar-refractivity contribution is 5.67. The predicted octanol–water partition coefficient (Wildman–Crippen LogP) is 2.91. The molecule has 0 saturated carbocycles. The summed E-state index contributed by atoms with van der Waals surface area (Å²) in [6, 6.07) is 20.3. The van der Waals surface area contributed by atoms with E-state index in [0.29, 0.717) is 19.7 Å². The Kier molecular flexibility index (Phi) is 5.18. The van der Waals surface area contributed by atoms with Crippen molar-refractivity contribution in [3.05, 3.63) is 71.8 Å². The van der Waals surface area contributed by atoms with Gasteiger partial charge in [0.25, 0.3) is 0 Å². The first-order valence-corrected chi connectivity index (χ1v) is 9.13.